The number of hydrogen-bond acceptors (Lipinski definition) is 8. The van der Waals surface area contributed by atoms with Crippen LogP contribution in [-0.2, 0) is 19.4 Å². The molecule has 0 aromatic heterocycles. The fourth-order valence-corrected chi connectivity index (χ4v) is 1.88. The Kier molecular flexibility index (Phi) is 9.75. The Morgan fingerprint density at radius 2 is 2.08 bits per heavy atom. The highest BCUT2D eigenvalue weighted by Gasteiger charge is 2.14. The zero-order valence-corrected chi connectivity index (χ0v) is 14.8. The van der Waals surface area contributed by atoms with Crippen LogP contribution >= 0.6 is 0 Å². The number of anilines is 1. The van der Waals surface area contributed by atoms with Crippen molar-refractivity contribution in [2.24, 2.45) is 0 Å². The lowest BCUT2D eigenvalue weighted by molar-refractivity contribution is -0.293. The average Bonchev–Trinajstić information content (AvgIpc) is 2.57. The summed E-state index contributed by atoms with van der Waals surface area (Å²) in [6, 6.07) is 5.33. The van der Waals surface area contributed by atoms with E-state index in [0.29, 0.717) is 24.5 Å². The lowest BCUT2D eigenvalue weighted by Gasteiger charge is -2.15. The van der Waals surface area contributed by atoms with Crippen LogP contribution in [0.25, 0.3) is 0 Å². The van der Waals surface area contributed by atoms with E-state index < -0.39 is 6.10 Å². The molecule has 1 rings (SSSR count). The Bertz CT molecular complexity index is 564. The molecule has 1 aromatic carbocycles. The molecule has 0 radical (unpaired) electrons. The minimum Gasteiger partial charge on any atom is -0.443 e. The molecule has 25 heavy (non-hydrogen) atoms. The van der Waals surface area contributed by atoms with Crippen molar-refractivity contribution in [2.75, 3.05) is 32.4 Å². The second kappa shape index (κ2) is 11.6. The third-order valence-corrected chi connectivity index (χ3v) is 3.26. The molecule has 3 N–H and O–H groups in total. The van der Waals surface area contributed by atoms with Crippen molar-refractivity contribution in [3.63, 3.8) is 0 Å². The highest BCUT2D eigenvalue weighted by Crippen LogP contribution is 2.22. The fraction of sp³-hybridized carbons (Fsp3) is 0.471. The van der Waals surface area contributed by atoms with E-state index in [-0.39, 0.29) is 19.0 Å². The van der Waals surface area contributed by atoms with Gasteiger partial charge >= 0.3 is 0 Å². The molecule has 0 aliphatic heterocycles. The molecule has 0 spiro atoms. The Balaban J connectivity index is 2.46. The quantitative estimate of drug-likeness (QED) is 0.101. The number of nitrogens with one attached hydrogen (secondary N) is 2. The molecule has 140 valence electrons. The van der Waals surface area contributed by atoms with Crippen molar-refractivity contribution in [1.82, 2.24) is 0 Å². The van der Waals surface area contributed by atoms with Crippen LogP contribution in [0.2, 0.25) is 0 Å². The summed E-state index contributed by atoms with van der Waals surface area (Å²) in [5, 5.41) is 19.7. The second-order valence-corrected chi connectivity index (χ2v) is 5.40. The standard InChI is InChI=1S/C17H26N2O6/c1-12(2)16(25-20)10-17(18)24-14-5-6-15(13(3)9-14)19-11-23-22-8-7-21-4/h5-6,9,16,18-20H,1,7-8,10-11H2,2-4H3. The first-order chi connectivity index (χ1) is 12.0. The van der Waals surface area contributed by atoms with Crippen molar-refractivity contribution in [3.05, 3.63) is 35.9 Å². The van der Waals surface area contributed by atoms with Gasteiger partial charge in [-0.1, -0.05) is 6.58 Å². The molecule has 0 heterocycles. The largest absolute Gasteiger partial charge is 0.443 e. The van der Waals surface area contributed by atoms with Crippen LogP contribution in [0.15, 0.2) is 30.4 Å². The summed E-state index contributed by atoms with van der Waals surface area (Å²) in [6.45, 7) is 8.31. The van der Waals surface area contributed by atoms with Crippen molar-refractivity contribution in [1.29, 1.82) is 5.41 Å². The first-order valence-corrected chi connectivity index (χ1v) is 7.76. The van der Waals surface area contributed by atoms with Crippen molar-refractivity contribution in [2.45, 2.75) is 26.4 Å². The van der Waals surface area contributed by atoms with E-state index in [0.717, 1.165) is 11.3 Å². The van der Waals surface area contributed by atoms with Gasteiger partial charge in [-0.15, -0.1) is 0 Å². The highest BCUT2D eigenvalue weighted by molar-refractivity contribution is 5.76. The molecule has 1 aromatic rings. The lowest BCUT2D eigenvalue weighted by atomic mass is 10.1. The maximum Gasteiger partial charge on any atom is 0.190 e. The van der Waals surface area contributed by atoms with Crippen LogP contribution in [0.3, 0.4) is 0 Å². The summed E-state index contributed by atoms with van der Waals surface area (Å²) < 4.78 is 10.3. The van der Waals surface area contributed by atoms with Crippen molar-refractivity contribution in [3.8, 4) is 5.75 Å². The van der Waals surface area contributed by atoms with E-state index in [1.165, 1.54) is 0 Å². The van der Waals surface area contributed by atoms with Gasteiger partial charge in [-0.3, -0.25) is 10.7 Å². The molecule has 8 nitrogen and oxygen atoms in total. The highest BCUT2D eigenvalue weighted by atomic mass is 17.2. The Hall–Kier alpha value is -1.97. The molecular formula is C17H26N2O6. The van der Waals surface area contributed by atoms with Crippen LogP contribution in [0.4, 0.5) is 5.69 Å². The van der Waals surface area contributed by atoms with Gasteiger partial charge < -0.3 is 14.8 Å². The molecule has 0 saturated carbocycles. The molecule has 1 unspecified atom stereocenters. The minimum absolute atomic E-state index is 0.0305. The summed E-state index contributed by atoms with van der Waals surface area (Å²) in [5.41, 5.74) is 2.38. The number of hydrogen-bond donors (Lipinski definition) is 3. The summed E-state index contributed by atoms with van der Waals surface area (Å²) in [5.74, 6) is 0.487. The van der Waals surface area contributed by atoms with Crippen LogP contribution in [0.1, 0.15) is 18.9 Å². The van der Waals surface area contributed by atoms with Crippen molar-refractivity contribution >= 4 is 11.6 Å². The normalized spacial score (nSPS) is 11.8. The second-order valence-electron chi connectivity index (χ2n) is 5.40. The predicted octanol–water partition coefficient (Wildman–Crippen LogP) is 3.14. The van der Waals surface area contributed by atoms with E-state index in [9.17, 15) is 0 Å². The Morgan fingerprint density at radius 3 is 2.68 bits per heavy atom. The zero-order chi connectivity index (χ0) is 18.7. The summed E-state index contributed by atoms with van der Waals surface area (Å²) in [6.07, 6.45) is -0.567. The first kappa shape index (κ1) is 21.1. The molecule has 0 saturated heterocycles. The van der Waals surface area contributed by atoms with Gasteiger partial charge in [-0.2, -0.15) is 0 Å². The Labute approximate surface area is 147 Å². The van der Waals surface area contributed by atoms with E-state index in [4.69, 9.17) is 29.9 Å². The SMILES string of the molecule is C=C(C)C(CC(=N)Oc1ccc(NCOOCCOC)c(C)c1)OO. The average molecular weight is 354 g/mol. The number of rotatable bonds is 12. The van der Waals surface area contributed by atoms with E-state index in [1.807, 2.05) is 13.0 Å². The smallest absolute Gasteiger partial charge is 0.190 e. The topological polar surface area (TPSA) is 102 Å². The molecule has 0 fully saturated rings. The molecular weight excluding hydrogens is 328 g/mol. The zero-order valence-electron chi connectivity index (χ0n) is 14.8. The molecule has 8 heteroatoms. The molecule has 0 amide bonds. The number of ether oxygens (including phenoxy) is 2. The van der Waals surface area contributed by atoms with Gasteiger partial charge in [0.15, 0.2) is 12.6 Å². The summed E-state index contributed by atoms with van der Waals surface area (Å²) >= 11 is 0. The lowest BCUT2D eigenvalue weighted by Crippen LogP contribution is -2.20. The van der Waals surface area contributed by atoms with Crippen molar-refractivity contribution < 1.29 is 29.4 Å². The van der Waals surface area contributed by atoms with Crippen LogP contribution < -0.4 is 10.1 Å². The van der Waals surface area contributed by atoms with E-state index in [2.05, 4.69) is 16.8 Å². The third-order valence-electron chi connectivity index (χ3n) is 3.26. The fourth-order valence-electron chi connectivity index (χ4n) is 1.88. The molecule has 0 bridgehead atoms. The van der Waals surface area contributed by atoms with E-state index in [1.54, 1.807) is 26.2 Å². The van der Waals surface area contributed by atoms with Gasteiger partial charge in [0.25, 0.3) is 0 Å². The molecule has 1 atom stereocenters. The number of methoxy groups -OCH3 is 1. The van der Waals surface area contributed by atoms with Gasteiger partial charge in [0.2, 0.25) is 0 Å². The summed E-state index contributed by atoms with van der Waals surface area (Å²) in [7, 11) is 1.59. The van der Waals surface area contributed by atoms with Crippen LogP contribution in [-0.4, -0.2) is 44.3 Å². The maximum absolute atomic E-state index is 8.79. The molecule has 0 aliphatic rings. The van der Waals surface area contributed by atoms with Gasteiger partial charge in [0, 0.05) is 12.8 Å². The van der Waals surface area contributed by atoms with Gasteiger partial charge in [0.05, 0.1) is 13.0 Å². The van der Waals surface area contributed by atoms with Crippen LogP contribution in [0, 0.1) is 12.3 Å². The first-order valence-electron chi connectivity index (χ1n) is 7.76. The van der Waals surface area contributed by atoms with Gasteiger partial charge in [0.1, 0.15) is 18.5 Å². The van der Waals surface area contributed by atoms with Crippen LogP contribution in [0.5, 0.6) is 5.75 Å². The minimum atomic E-state index is -0.662. The monoisotopic (exact) mass is 354 g/mol. The summed E-state index contributed by atoms with van der Waals surface area (Å²) in [4.78, 5) is 14.1. The molecule has 0 aliphatic carbocycles. The third kappa shape index (κ3) is 8.10. The maximum atomic E-state index is 8.79. The Morgan fingerprint density at radius 1 is 1.32 bits per heavy atom. The van der Waals surface area contributed by atoms with E-state index >= 15 is 0 Å². The van der Waals surface area contributed by atoms with Gasteiger partial charge in [-0.25, -0.2) is 14.7 Å². The van der Waals surface area contributed by atoms with Gasteiger partial charge in [-0.05, 0) is 43.2 Å². The number of aryl methyl sites for hydroxylation is 1. The number of benzene rings is 1. The predicted molar refractivity (Wildman–Crippen MR) is 93.9 cm³/mol.